The lowest BCUT2D eigenvalue weighted by Gasteiger charge is -2.07. The third-order valence-electron chi connectivity index (χ3n) is 2.50. The number of nitrogens with zero attached hydrogens (tertiary/aromatic N) is 3. The summed E-state index contributed by atoms with van der Waals surface area (Å²) >= 11 is 0. The quantitative estimate of drug-likeness (QED) is 0.747. The van der Waals surface area contributed by atoms with Crippen LogP contribution in [0, 0.1) is 0 Å². The molecule has 0 aromatic carbocycles. The first-order valence-corrected chi connectivity index (χ1v) is 5.81. The first kappa shape index (κ1) is 12.8. The average molecular weight is 224 g/mol. The van der Waals surface area contributed by atoms with E-state index < -0.39 is 0 Å². The van der Waals surface area contributed by atoms with Gasteiger partial charge in [0.05, 0.1) is 6.42 Å². The van der Waals surface area contributed by atoms with Crippen LogP contribution in [-0.2, 0) is 17.8 Å². The molecule has 1 heterocycles. The van der Waals surface area contributed by atoms with Gasteiger partial charge in [-0.05, 0) is 12.8 Å². The number of carbonyl (C=O) groups is 1. The largest absolute Gasteiger partial charge is 0.327 e. The maximum absolute atomic E-state index is 11.7. The molecule has 0 saturated heterocycles. The SMILES string of the molecule is CCCn1ncnc1CC(=O)CC(N)CC. The van der Waals surface area contributed by atoms with Crippen LogP contribution in [0.5, 0.6) is 0 Å². The van der Waals surface area contributed by atoms with Crippen molar-refractivity contribution in [2.45, 2.75) is 52.1 Å². The maximum Gasteiger partial charge on any atom is 0.142 e. The molecule has 16 heavy (non-hydrogen) atoms. The average Bonchev–Trinajstić information content (AvgIpc) is 2.66. The predicted molar refractivity (Wildman–Crippen MR) is 61.9 cm³/mol. The van der Waals surface area contributed by atoms with E-state index >= 15 is 0 Å². The summed E-state index contributed by atoms with van der Waals surface area (Å²) in [4.78, 5) is 15.8. The fourth-order valence-electron chi connectivity index (χ4n) is 1.51. The number of aryl methyl sites for hydroxylation is 1. The lowest BCUT2D eigenvalue weighted by Crippen LogP contribution is -2.24. The van der Waals surface area contributed by atoms with Gasteiger partial charge in [0.25, 0.3) is 0 Å². The Morgan fingerprint density at radius 3 is 2.94 bits per heavy atom. The lowest BCUT2D eigenvalue weighted by molar-refractivity contribution is -0.118. The monoisotopic (exact) mass is 224 g/mol. The van der Waals surface area contributed by atoms with Crippen LogP contribution in [0.1, 0.15) is 38.9 Å². The summed E-state index contributed by atoms with van der Waals surface area (Å²) in [7, 11) is 0. The van der Waals surface area contributed by atoms with Gasteiger partial charge in [0.1, 0.15) is 17.9 Å². The normalized spacial score (nSPS) is 12.7. The minimum absolute atomic E-state index is 0.0324. The highest BCUT2D eigenvalue weighted by molar-refractivity contribution is 5.80. The molecule has 1 rings (SSSR count). The molecule has 0 radical (unpaired) electrons. The summed E-state index contributed by atoms with van der Waals surface area (Å²) < 4.78 is 1.79. The minimum Gasteiger partial charge on any atom is -0.327 e. The van der Waals surface area contributed by atoms with Crippen LogP contribution in [0.15, 0.2) is 6.33 Å². The fraction of sp³-hybridized carbons (Fsp3) is 0.727. The molecule has 0 spiro atoms. The molecule has 0 amide bonds. The number of nitrogens with two attached hydrogens (primary N) is 1. The number of hydrogen-bond acceptors (Lipinski definition) is 4. The Morgan fingerprint density at radius 2 is 2.31 bits per heavy atom. The molecule has 1 aromatic rings. The number of hydrogen-bond donors (Lipinski definition) is 1. The molecule has 0 aliphatic heterocycles. The number of aromatic nitrogens is 3. The molecular formula is C11H20N4O. The van der Waals surface area contributed by atoms with E-state index in [0.29, 0.717) is 12.8 Å². The fourth-order valence-corrected chi connectivity index (χ4v) is 1.51. The van der Waals surface area contributed by atoms with E-state index in [4.69, 9.17) is 5.73 Å². The molecule has 1 aromatic heterocycles. The Kier molecular flexibility index (Phi) is 5.11. The van der Waals surface area contributed by atoms with Crippen molar-refractivity contribution in [3.05, 3.63) is 12.2 Å². The highest BCUT2D eigenvalue weighted by Gasteiger charge is 2.12. The van der Waals surface area contributed by atoms with Gasteiger partial charge in [-0.1, -0.05) is 13.8 Å². The number of ketones is 1. The summed E-state index contributed by atoms with van der Waals surface area (Å²) in [5.41, 5.74) is 5.74. The van der Waals surface area contributed by atoms with Crippen molar-refractivity contribution in [1.29, 1.82) is 0 Å². The van der Waals surface area contributed by atoms with Gasteiger partial charge in [0.2, 0.25) is 0 Å². The van der Waals surface area contributed by atoms with Crippen LogP contribution in [0.2, 0.25) is 0 Å². The molecule has 0 fully saturated rings. The van der Waals surface area contributed by atoms with Gasteiger partial charge in [-0.3, -0.25) is 4.79 Å². The first-order chi connectivity index (χ1) is 7.67. The molecule has 2 N–H and O–H groups in total. The highest BCUT2D eigenvalue weighted by atomic mass is 16.1. The summed E-state index contributed by atoms with van der Waals surface area (Å²) in [6.45, 7) is 4.86. The Morgan fingerprint density at radius 1 is 1.56 bits per heavy atom. The van der Waals surface area contributed by atoms with Crippen LogP contribution in [0.4, 0.5) is 0 Å². The second-order valence-electron chi connectivity index (χ2n) is 3.99. The second-order valence-corrected chi connectivity index (χ2v) is 3.99. The van der Waals surface area contributed by atoms with Crippen molar-refractivity contribution in [1.82, 2.24) is 14.8 Å². The lowest BCUT2D eigenvalue weighted by atomic mass is 10.1. The highest BCUT2D eigenvalue weighted by Crippen LogP contribution is 2.02. The summed E-state index contributed by atoms with van der Waals surface area (Å²) in [6, 6.07) is -0.0324. The molecule has 1 atom stereocenters. The van der Waals surface area contributed by atoms with E-state index in [1.54, 1.807) is 4.68 Å². The van der Waals surface area contributed by atoms with E-state index in [0.717, 1.165) is 25.2 Å². The molecule has 0 aliphatic rings. The van der Waals surface area contributed by atoms with Gasteiger partial charge >= 0.3 is 0 Å². The Hall–Kier alpha value is -1.23. The molecule has 0 saturated carbocycles. The molecule has 90 valence electrons. The van der Waals surface area contributed by atoms with E-state index in [1.807, 2.05) is 6.92 Å². The number of Topliss-reactive ketones (excluding diaryl/α,β-unsaturated/α-hetero) is 1. The Balaban J connectivity index is 2.52. The van der Waals surface area contributed by atoms with Gasteiger partial charge in [0.15, 0.2) is 0 Å². The van der Waals surface area contributed by atoms with Gasteiger partial charge in [-0.15, -0.1) is 0 Å². The van der Waals surface area contributed by atoms with E-state index in [2.05, 4.69) is 17.0 Å². The molecular weight excluding hydrogens is 204 g/mol. The van der Waals surface area contributed by atoms with Crippen molar-refractivity contribution in [2.75, 3.05) is 0 Å². The third-order valence-corrected chi connectivity index (χ3v) is 2.50. The molecule has 5 heteroatoms. The Bertz CT molecular complexity index is 334. The van der Waals surface area contributed by atoms with E-state index in [-0.39, 0.29) is 11.8 Å². The zero-order chi connectivity index (χ0) is 12.0. The minimum atomic E-state index is -0.0324. The zero-order valence-electron chi connectivity index (χ0n) is 10.0. The van der Waals surface area contributed by atoms with E-state index in [9.17, 15) is 4.79 Å². The number of rotatable bonds is 7. The van der Waals surface area contributed by atoms with Crippen LogP contribution in [0.3, 0.4) is 0 Å². The smallest absolute Gasteiger partial charge is 0.142 e. The van der Waals surface area contributed by atoms with Crippen molar-refractivity contribution in [2.24, 2.45) is 5.73 Å². The standard InChI is InChI=1S/C11H20N4O/c1-3-5-15-11(13-8-14-15)7-10(16)6-9(12)4-2/h8-9H,3-7,12H2,1-2H3. The Labute approximate surface area is 96.0 Å². The molecule has 0 aliphatic carbocycles. The van der Waals surface area contributed by atoms with Gasteiger partial charge in [-0.2, -0.15) is 5.10 Å². The van der Waals surface area contributed by atoms with Gasteiger partial charge < -0.3 is 5.73 Å². The second kappa shape index (κ2) is 6.37. The molecule has 0 bridgehead atoms. The maximum atomic E-state index is 11.7. The van der Waals surface area contributed by atoms with Crippen molar-refractivity contribution in [3.63, 3.8) is 0 Å². The molecule has 5 nitrogen and oxygen atoms in total. The van der Waals surface area contributed by atoms with Crippen LogP contribution >= 0.6 is 0 Å². The van der Waals surface area contributed by atoms with E-state index in [1.165, 1.54) is 6.33 Å². The predicted octanol–water partition coefficient (Wildman–Crippen LogP) is 0.927. The van der Waals surface area contributed by atoms with Gasteiger partial charge in [-0.25, -0.2) is 9.67 Å². The van der Waals surface area contributed by atoms with Crippen molar-refractivity contribution >= 4 is 5.78 Å². The molecule has 1 unspecified atom stereocenters. The first-order valence-electron chi connectivity index (χ1n) is 5.81. The van der Waals surface area contributed by atoms with Crippen LogP contribution in [-0.4, -0.2) is 26.6 Å². The third kappa shape index (κ3) is 3.73. The summed E-state index contributed by atoms with van der Waals surface area (Å²) in [5, 5.41) is 4.08. The summed E-state index contributed by atoms with van der Waals surface area (Å²) in [5.74, 6) is 0.884. The van der Waals surface area contributed by atoms with Crippen LogP contribution < -0.4 is 5.73 Å². The van der Waals surface area contributed by atoms with Crippen molar-refractivity contribution in [3.8, 4) is 0 Å². The van der Waals surface area contributed by atoms with Gasteiger partial charge in [0, 0.05) is 19.0 Å². The zero-order valence-corrected chi connectivity index (χ0v) is 10.0. The van der Waals surface area contributed by atoms with Crippen LogP contribution in [0.25, 0.3) is 0 Å². The topological polar surface area (TPSA) is 73.8 Å². The summed E-state index contributed by atoms with van der Waals surface area (Å²) in [6.07, 6.45) is 4.08. The number of carbonyl (C=O) groups excluding carboxylic acids is 1. The van der Waals surface area contributed by atoms with Crippen molar-refractivity contribution < 1.29 is 4.79 Å².